The van der Waals surface area contributed by atoms with E-state index in [1.54, 1.807) is 0 Å². The number of hydrogen-bond donors (Lipinski definition) is 0. The molecule has 0 aromatic heterocycles. The highest BCUT2D eigenvalue weighted by Crippen LogP contribution is 2.47. The van der Waals surface area contributed by atoms with E-state index in [0.717, 1.165) is 63.9 Å². The van der Waals surface area contributed by atoms with Crippen LogP contribution < -0.4 is 4.74 Å². The molecule has 5 rings (SSSR count). The van der Waals surface area contributed by atoms with Crippen LogP contribution in [0.3, 0.4) is 0 Å². The molecule has 1 saturated heterocycles. The van der Waals surface area contributed by atoms with Gasteiger partial charge in [-0.15, -0.1) is 13.2 Å². The summed E-state index contributed by atoms with van der Waals surface area (Å²) in [5.74, 6) is -3.74. The minimum Gasteiger partial charge on any atom is -0.399 e. The normalized spacial score (nSPS) is 35.1. The molecule has 0 amide bonds. The van der Waals surface area contributed by atoms with Crippen molar-refractivity contribution in [3.63, 3.8) is 0 Å². The van der Waals surface area contributed by atoms with Crippen LogP contribution in [-0.2, 0) is 14.2 Å². The van der Waals surface area contributed by atoms with Crippen LogP contribution in [-0.4, -0.2) is 38.1 Å². The molecule has 1 aliphatic heterocycles. The van der Waals surface area contributed by atoms with Gasteiger partial charge in [0.05, 0.1) is 25.2 Å². The van der Waals surface area contributed by atoms with Gasteiger partial charge in [-0.3, -0.25) is 0 Å². The number of rotatable bonds is 7. The van der Waals surface area contributed by atoms with Gasteiger partial charge < -0.3 is 18.9 Å². The number of alkyl halides is 5. The Labute approximate surface area is 242 Å². The Hall–Kier alpha value is -1.59. The van der Waals surface area contributed by atoms with Crippen LogP contribution in [0.1, 0.15) is 95.5 Å². The van der Waals surface area contributed by atoms with Gasteiger partial charge in [0.1, 0.15) is 0 Å². The maximum Gasteiger partial charge on any atom is 0.573 e. The summed E-state index contributed by atoms with van der Waals surface area (Å²) in [5, 5.41) is 0. The fourth-order valence-corrected chi connectivity index (χ4v) is 7.56. The van der Waals surface area contributed by atoms with Crippen molar-refractivity contribution in [3.05, 3.63) is 29.3 Å². The van der Waals surface area contributed by atoms with Crippen molar-refractivity contribution in [2.45, 2.75) is 115 Å². The van der Waals surface area contributed by atoms with Crippen LogP contribution in [0.15, 0.2) is 12.1 Å². The van der Waals surface area contributed by atoms with Crippen LogP contribution in [0.5, 0.6) is 5.75 Å². The Kier molecular flexibility index (Phi) is 9.99. The highest BCUT2D eigenvalue weighted by atomic mass is 19.4. The molecule has 4 nitrogen and oxygen atoms in total. The molecular formula is C31H41F7O4. The van der Waals surface area contributed by atoms with Crippen LogP contribution in [0.25, 0.3) is 0 Å². The third kappa shape index (κ3) is 7.92. The van der Waals surface area contributed by atoms with Crippen molar-refractivity contribution >= 4 is 0 Å². The summed E-state index contributed by atoms with van der Waals surface area (Å²) < 4.78 is 117. The highest BCUT2D eigenvalue weighted by molar-refractivity contribution is 5.33. The predicted octanol–water partition coefficient (Wildman–Crippen LogP) is 9.12. The Balaban J connectivity index is 1.05. The van der Waals surface area contributed by atoms with Crippen LogP contribution in [0, 0.1) is 41.2 Å². The first kappa shape index (κ1) is 31.8. The molecule has 42 heavy (non-hydrogen) atoms. The zero-order valence-corrected chi connectivity index (χ0v) is 24.0. The van der Waals surface area contributed by atoms with E-state index in [0.29, 0.717) is 49.4 Å². The average Bonchev–Trinajstić information content (AvgIpc) is 2.95. The molecular weight excluding hydrogens is 569 g/mol. The molecule has 4 fully saturated rings. The molecule has 11 heteroatoms. The highest BCUT2D eigenvalue weighted by Gasteiger charge is 2.46. The maximum atomic E-state index is 15.2. The van der Waals surface area contributed by atoms with Crippen LogP contribution >= 0.6 is 0 Å². The first-order valence-electron chi connectivity index (χ1n) is 15.4. The number of halogens is 7. The Morgan fingerprint density at radius 3 is 1.71 bits per heavy atom. The van der Waals surface area contributed by atoms with Crippen molar-refractivity contribution in [1.29, 1.82) is 0 Å². The van der Waals surface area contributed by atoms with Crippen molar-refractivity contribution in [2.75, 3.05) is 13.2 Å². The Morgan fingerprint density at radius 2 is 1.19 bits per heavy atom. The fourth-order valence-electron chi connectivity index (χ4n) is 7.56. The average molecular weight is 611 g/mol. The lowest BCUT2D eigenvalue weighted by molar-refractivity contribution is -0.301. The molecule has 4 aliphatic rings. The quantitative estimate of drug-likeness (QED) is 0.289. The lowest BCUT2D eigenvalue weighted by atomic mass is 9.69. The summed E-state index contributed by atoms with van der Waals surface area (Å²) >= 11 is 0. The van der Waals surface area contributed by atoms with E-state index in [1.807, 2.05) is 0 Å². The Bertz CT molecular complexity index is 996. The summed E-state index contributed by atoms with van der Waals surface area (Å²) in [6.45, 7) is 3.59. The second-order valence-electron chi connectivity index (χ2n) is 12.9. The van der Waals surface area contributed by atoms with Gasteiger partial charge >= 0.3 is 12.5 Å². The largest absolute Gasteiger partial charge is 0.573 e. The van der Waals surface area contributed by atoms with E-state index in [1.165, 1.54) is 0 Å². The van der Waals surface area contributed by atoms with Gasteiger partial charge in [0, 0.05) is 11.8 Å². The van der Waals surface area contributed by atoms with E-state index in [4.69, 9.17) is 14.2 Å². The van der Waals surface area contributed by atoms with Gasteiger partial charge in [-0.25, -0.2) is 8.78 Å². The number of ether oxygens (including phenoxy) is 4. The molecule has 3 aliphatic carbocycles. The van der Waals surface area contributed by atoms with E-state index in [2.05, 4.69) is 11.7 Å². The van der Waals surface area contributed by atoms with E-state index in [-0.39, 0.29) is 30.6 Å². The van der Waals surface area contributed by atoms with Crippen molar-refractivity contribution in [1.82, 2.24) is 0 Å². The third-order valence-corrected chi connectivity index (χ3v) is 9.91. The second kappa shape index (κ2) is 13.2. The SMILES string of the molecule is CC1COC(C2CCC(C3CCC(C(F)(F)OC4CCC(c5cc(F)c(OC(F)(F)F)c(F)c5)CC4)CC3)CC2)OC1. The molecule has 0 bridgehead atoms. The molecule has 1 aromatic rings. The molecule has 238 valence electrons. The molecule has 0 atom stereocenters. The molecule has 3 saturated carbocycles. The van der Waals surface area contributed by atoms with Crippen molar-refractivity contribution in [3.8, 4) is 5.75 Å². The second-order valence-corrected chi connectivity index (χ2v) is 12.9. The summed E-state index contributed by atoms with van der Waals surface area (Å²) in [7, 11) is 0. The topological polar surface area (TPSA) is 36.9 Å². The van der Waals surface area contributed by atoms with Gasteiger partial charge in [-0.2, -0.15) is 8.78 Å². The monoisotopic (exact) mass is 610 g/mol. The minimum atomic E-state index is -5.22. The lowest BCUT2D eigenvalue weighted by Gasteiger charge is -2.42. The standard InChI is InChI=1S/C31H41F7O4/c1-18-16-39-29(40-17-18)22-4-2-19(3-5-22)20-6-10-24(11-7-20)30(34,35)41-25-12-8-21(9-13-25)23-14-26(32)28(27(33)15-23)42-31(36,37)38/h14-15,18-22,24-25,29H,2-13,16-17H2,1H3. The summed E-state index contributed by atoms with van der Waals surface area (Å²) in [6.07, 6.45) is -1.38. The smallest absolute Gasteiger partial charge is 0.399 e. The van der Waals surface area contributed by atoms with E-state index < -0.39 is 41.9 Å². The zero-order valence-electron chi connectivity index (χ0n) is 24.0. The summed E-state index contributed by atoms with van der Waals surface area (Å²) in [6, 6.07) is 1.65. The van der Waals surface area contributed by atoms with Gasteiger partial charge in [-0.05, 0) is 112 Å². The zero-order chi connectivity index (χ0) is 30.1. The first-order valence-corrected chi connectivity index (χ1v) is 15.4. The van der Waals surface area contributed by atoms with Gasteiger partial charge in [0.15, 0.2) is 17.9 Å². The summed E-state index contributed by atoms with van der Waals surface area (Å²) in [5.41, 5.74) is 0.186. The van der Waals surface area contributed by atoms with Gasteiger partial charge in [-0.1, -0.05) is 6.92 Å². The third-order valence-electron chi connectivity index (χ3n) is 9.91. The van der Waals surface area contributed by atoms with Gasteiger partial charge in [0.2, 0.25) is 5.75 Å². The van der Waals surface area contributed by atoms with Crippen LogP contribution in [0.4, 0.5) is 30.7 Å². The molecule has 1 heterocycles. The van der Waals surface area contributed by atoms with E-state index >= 15 is 8.78 Å². The predicted molar refractivity (Wildman–Crippen MR) is 140 cm³/mol. The molecule has 0 spiro atoms. The fraction of sp³-hybridized carbons (Fsp3) is 0.806. The minimum absolute atomic E-state index is 0.107. The lowest BCUT2D eigenvalue weighted by Crippen LogP contribution is -2.40. The summed E-state index contributed by atoms with van der Waals surface area (Å²) in [4.78, 5) is 0. The molecule has 0 N–H and O–H groups in total. The van der Waals surface area contributed by atoms with Crippen molar-refractivity contribution < 1.29 is 49.7 Å². The molecule has 0 unspecified atom stereocenters. The van der Waals surface area contributed by atoms with E-state index in [9.17, 15) is 22.0 Å². The number of benzene rings is 1. The van der Waals surface area contributed by atoms with Crippen molar-refractivity contribution in [2.24, 2.45) is 29.6 Å². The van der Waals surface area contributed by atoms with Gasteiger partial charge in [0.25, 0.3) is 0 Å². The maximum absolute atomic E-state index is 15.2. The number of hydrogen-bond acceptors (Lipinski definition) is 4. The molecule has 0 radical (unpaired) electrons. The first-order chi connectivity index (χ1) is 19.9. The van der Waals surface area contributed by atoms with Crippen LogP contribution in [0.2, 0.25) is 0 Å². The Morgan fingerprint density at radius 1 is 0.690 bits per heavy atom. The molecule has 1 aromatic carbocycles.